The number of allylic oxidation sites excluding steroid dienone is 1. The van der Waals surface area contributed by atoms with E-state index in [0.717, 1.165) is 25.7 Å². The van der Waals surface area contributed by atoms with E-state index in [2.05, 4.69) is 0 Å². The third kappa shape index (κ3) is 13.7. The van der Waals surface area contributed by atoms with Gasteiger partial charge in [-0.3, -0.25) is 0 Å². The molecule has 0 saturated heterocycles. The zero-order chi connectivity index (χ0) is 13.9. The molecule has 0 rings (SSSR count). The second kappa shape index (κ2) is 10.6. The summed E-state index contributed by atoms with van der Waals surface area (Å²) in [4.78, 5) is 0. The fourth-order valence-corrected chi connectivity index (χ4v) is 2.11. The first kappa shape index (κ1) is 17.7. The van der Waals surface area contributed by atoms with Gasteiger partial charge in [0.05, 0.1) is 11.7 Å². The van der Waals surface area contributed by atoms with Gasteiger partial charge in [0.1, 0.15) is 0 Å². The highest BCUT2D eigenvalue weighted by atomic mass is 16.3. The molecule has 0 aliphatic carbocycles. The van der Waals surface area contributed by atoms with E-state index in [1.54, 1.807) is 0 Å². The van der Waals surface area contributed by atoms with Crippen molar-refractivity contribution in [3.05, 3.63) is 12.2 Å². The summed E-state index contributed by atoms with van der Waals surface area (Å²) in [6.45, 7) is 5.70. The van der Waals surface area contributed by atoms with Crippen molar-refractivity contribution in [2.75, 3.05) is 0 Å². The van der Waals surface area contributed by atoms with E-state index in [4.69, 9.17) is 0 Å². The van der Waals surface area contributed by atoms with Crippen LogP contribution in [0.1, 0.15) is 78.6 Å². The minimum absolute atomic E-state index is 0.248. The predicted octanol–water partition coefficient (Wildman–Crippen LogP) is 4.21. The molecule has 108 valence electrons. The van der Waals surface area contributed by atoms with Crippen LogP contribution < -0.4 is 0 Å². The molecule has 2 N–H and O–H groups in total. The van der Waals surface area contributed by atoms with E-state index < -0.39 is 5.60 Å². The van der Waals surface area contributed by atoms with Gasteiger partial charge in [0, 0.05) is 0 Å². The molecule has 0 bridgehead atoms. The second-order valence-electron chi connectivity index (χ2n) is 5.92. The van der Waals surface area contributed by atoms with Crippen LogP contribution in [0.2, 0.25) is 0 Å². The fourth-order valence-electron chi connectivity index (χ4n) is 2.11. The zero-order valence-corrected chi connectivity index (χ0v) is 12.5. The van der Waals surface area contributed by atoms with Crippen LogP contribution in [-0.4, -0.2) is 21.9 Å². The largest absolute Gasteiger partial charge is 0.390 e. The van der Waals surface area contributed by atoms with Gasteiger partial charge >= 0.3 is 0 Å². The third-order valence-electron chi connectivity index (χ3n) is 3.20. The van der Waals surface area contributed by atoms with Crippen LogP contribution in [0.15, 0.2) is 12.2 Å². The fraction of sp³-hybridized carbons (Fsp3) is 0.875. The summed E-state index contributed by atoms with van der Waals surface area (Å²) in [6.07, 6.45) is 13.8. The molecule has 18 heavy (non-hydrogen) atoms. The first-order valence-electron chi connectivity index (χ1n) is 7.49. The molecule has 0 aliphatic rings. The van der Waals surface area contributed by atoms with Gasteiger partial charge in [-0.1, -0.05) is 57.1 Å². The molecule has 0 fully saturated rings. The summed E-state index contributed by atoms with van der Waals surface area (Å²) in [6, 6.07) is 0. The molecule has 0 aromatic heterocycles. The van der Waals surface area contributed by atoms with Gasteiger partial charge in [0.2, 0.25) is 0 Å². The van der Waals surface area contributed by atoms with Crippen LogP contribution >= 0.6 is 0 Å². The smallest absolute Gasteiger partial charge is 0.0720 e. The minimum atomic E-state index is -0.497. The van der Waals surface area contributed by atoms with Crippen molar-refractivity contribution in [2.45, 2.75) is 90.3 Å². The molecule has 1 unspecified atom stereocenters. The topological polar surface area (TPSA) is 40.5 Å². The molecule has 1 atom stereocenters. The average molecular weight is 256 g/mol. The molecule has 0 aromatic carbocycles. The maximum Gasteiger partial charge on any atom is 0.0720 e. The summed E-state index contributed by atoms with van der Waals surface area (Å²) in [5, 5.41) is 19.0. The van der Waals surface area contributed by atoms with Crippen LogP contribution in [0.4, 0.5) is 0 Å². The van der Waals surface area contributed by atoms with Crippen LogP contribution in [0, 0.1) is 0 Å². The van der Waals surface area contributed by atoms with Crippen molar-refractivity contribution in [1.82, 2.24) is 0 Å². The van der Waals surface area contributed by atoms with E-state index in [1.807, 2.05) is 32.9 Å². The summed E-state index contributed by atoms with van der Waals surface area (Å²) in [5.74, 6) is 0. The molecule has 2 nitrogen and oxygen atoms in total. The van der Waals surface area contributed by atoms with Gasteiger partial charge < -0.3 is 10.2 Å². The molecule has 2 heteroatoms. The van der Waals surface area contributed by atoms with E-state index in [9.17, 15) is 10.2 Å². The summed E-state index contributed by atoms with van der Waals surface area (Å²) < 4.78 is 0. The van der Waals surface area contributed by atoms with Crippen molar-refractivity contribution in [3.63, 3.8) is 0 Å². The molecule has 0 saturated carbocycles. The van der Waals surface area contributed by atoms with Crippen LogP contribution in [0.5, 0.6) is 0 Å². The van der Waals surface area contributed by atoms with Crippen molar-refractivity contribution < 1.29 is 10.2 Å². The number of hydrogen-bond donors (Lipinski definition) is 2. The average Bonchev–Trinajstić information content (AvgIpc) is 2.25. The second-order valence-corrected chi connectivity index (χ2v) is 5.92. The maximum atomic E-state index is 9.56. The molecule has 0 heterocycles. The lowest BCUT2D eigenvalue weighted by molar-refractivity contribution is 0.0680. The highest BCUT2D eigenvalue weighted by Gasteiger charge is 2.10. The number of unbranched alkanes of at least 4 members (excludes halogenated alkanes) is 6. The summed E-state index contributed by atoms with van der Waals surface area (Å²) in [7, 11) is 0. The SMILES string of the molecule is CC=CC(O)CCCCCCCCCC(C)(C)O. The van der Waals surface area contributed by atoms with Crippen molar-refractivity contribution in [1.29, 1.82) is 0 Å². The number of hydrogen-bond acceptors (Lipinski definition) is 2. The van der Waals surface area contributed by atoms with Crippen molar-refractivity contribution in [2.24, 2.45) is 0 Å². The van der Waals surface area contributed by atoms with Crippen molar-refractivity contribution in [3.8, 4) is 0 Å². The van der Waals surface area contributed by atoms with Gasteiger partial charge in [-0.15, -0.1) is 0 Å². The van der Waals surface area contributed by atoms with Gasteiger partial charge in [-0.25, -0.2) is 0 Å². The Morgan fingerprint density at radius 2 is 1.44 bits per heavy atom. The quantitative estimate of drug-likeness (QED) is 0.429. The predicted molar refractivity (Wildman–Crippen MR) is 78.7 cm³/mol. The highest BCUT2D eigenvalue weighted by molar-refractivity contribution is 4.84. The monoisotopic (exact) mass is 256 g/mol. The molecular formula is C16H32O2. The van der Waals surface area contributed by atoms with Crippen LogP contribution in [-0.2, 0) is 0 Å². The van der Waals surface area contributed by atoms with Crippen molar-refractivity contribution >= 4 is 0 Å². The lowest BCUT2D eigenvalue weighted by Crippen LogP contribution is -2.17. The van der Waals surface area contributed by atoms with Crippen LogP contribution in [0.3, 0.4) is 0 Å². The zero-order valence-electron chi connectivity index (χ0n) is 12.5. The van der Waals surface area contributed by atoms with E-state index >= 15 is 0 Å². The molecule has 0 aromatic rings. The maximum absolute atomic E-state index is 9.56. The third-order valence-corrected chi connectivity index (χ3v) is 3.20. The molecule has 0 amide bonds. The van der Waals surface area contributed by atoms with Gasteiger partial charge in [-0.2, -0.15) is 0 Å². The van der Waals surface area contributed by atoms with E-state index in [0.29, 0.717) is 0 Å². The normalized spacial score (nSPS) is 14.3. The Hall–Kier alpha value is -0.340. The highest BCUT2D eigenvalue weighted by Crippen LogP contribution is 2.15. The lowest BCUT2D eigenvalue weighted by Gasteiger charge is -2.16. The summed E-state index contributed by atoms with van der Waals surface area (Å²) >= 11 is 0. The minimum Gasteiger partial charge on any atom is -0.390 e. The molecule has 0 spiro atoms. The van der Waals surface area contributed by atoms with Crippen LogP contribution in [0.25, 0.3) is 0 Å². The Balaban J connectivity index is 3.17. The first-order chi connectivity index (χ1) is 8.45. The number of aliphatic hydroxyl groups is 2. The Morgan fingerprint density at radius 3 is 1.94 bits per heavy atom. The first-order valence-corrected chi connectivity index (χ1v) is 7.49. The molecule has 0 aliphatic heterocycles. The Bertz CT molecular complexity index is 204. The molecule has 0 radical (unpaired) electrons. The Labute approximate surface area is 113 Å². The van der Waals surface area contributed by atoms with E-state index in [-0.39, 0.29) is 6.10 Å². The van der Waals surface area contributed by atoms with Gasteiger partial charge in [-0.05, 0) is 33.6 Å². The van der Waals surface area contributed by atoms with Gasteiger partial charge in [0.15, 0.2) is 0 Å². The van der Waals surface area contributed by atoms with E-state index in [1.165, 1.54) is 32.1 Å². The van der Waals surface area contributed by atoms with Gasteiger partial charge in [0.25, 0.3) is 0 Å². The standard InChI is InChI=1S/C16H32O2/c1-4-12-15(17)13-10-8-6-5-7-9-11-14-16(2,3)18/h4,12,15,17-18H,5-11,13-14H2,1-3H3. The Kier molecular flexibility index (Phi) is 10.4. The molecular weight excluding hydrogens is 224 g/mol. The lowest BCUT2D eigenvalue weighted by atomic mass is 9.99. The summed E-state index contributed by atoms with van der Waals surface area (Å²) in [5.41, 5.74) is -0.497. The Morgan fingerprint density at radius 1 is 0.944 bits per heavy atom. The number of aliphatic hydroxyl groups excluding tert-OH is 1. The number of rotatable bonds is 11.